The first-order chi connectivity index (χ1) is 14.1. The normalized spacial score (nSPS) is 10.8. The first kappa shape index (κ1) is 20.6. The van der Waals surface area contributed by atoms with Crippen molar-refractivity contribution in [2.75, 3.05) is 13.1 Å². The van der Waals surface area contributed by atoms with Gasteiger partial charge in [-0.3, -0.25) is 9.59 Å². The SMILES string of the molecule is CCCNC(=O)Cn1c(CCCNC(=O)c2ccccc2C)nc2ccccc21. The van der Waals surface area contributed by atoms with E-state index in [1.807, 2.05) is 66.9 Å². The van der Waals surface area contributed by atoms with Gasteiger partial charge in [-0.1, -0.05) is 37.3 Å². The van der Waals surface area contributed by atoms with Crippen LogP contribution in [0.1, 0.15) is 41.5 Å². The van der Waals surface area contributed by atoms with Crippen LogP contribution in [0.25, 0.3) is 11.0 Å². The summed E-state index contributed by atoms with van der Waals surface area (Å²) in [6, 6.07) is 15.4. The second-order valence-electron chi connectivity index (χ2n) is 7.13. The van der Waals surface area contributed by atoms with Crippen molar-refractivity contribution in [1.29, 1.82) is 0 Å². The van der Waals surface area contributed by atoms with E-state index in [0.29, 0.717) is 25.1 Å². The van der Waals surface area contributed by atoms with Crippen LogP contribution < -0.4 is 10.6 Å². The molecule has 3 aromatic rings. The second-order valence-corrected chi connectivity index (χ2v) is 7.13. The maximum atomic E-state index is 12.3. The molecule has 0 bridgehead atoms. The maximum Gasteiger partial charge on any atom is 0.251 e. The molecule has 3 rings (SSSR count). The Balaban J connectivity index is 1.63. The zero-order valence-corrected chi connectivity index (χ0v) is 17.1. The highest BCUT2D eigenvalue weighted by atomic mass is 16.2. The number of aryl methyl sites for hydroxylation is 2. The molecule has 1 aromatic heterocycles. The molecule has 0 saturated carbocycles. The average molecular weight is 393 g/mol. The largest absolute Gasteiger partial charge is 0.355 e. The average Bonchev–Trinajstić information content (AvgIpc) is 3.07. The van der Waals surface area contributed by atoms with Crippen LogP contribution in [0.4, 0.5) is 0 Å². The lowest BCUT2D eigenvalue weighted by atomic mass is 10.1. The first-order valence-corrected chi connectivity index (χ1v) is 10.1. The fourth-order valence-corrected chi connectivity index (χ4v) is 3.33. The molecule has 6 nitrogen and oxygen atoms in total. The van der Waals surface area contributed by atoms with Crippen LogP contribution >= 0.6 is 0 Å². The minimum atomic E-state index is -0.0597. The van der Waals surface area contributed by atoms with Crippen LogP contribution in [-0.4, -0.2) is 34.5 Å². The molecule has 1 heterocycles. The van der Waals surface area contributed by atoms with Gasteiger partial charge in [-0.25, -0.2) is 4.98 Å². The Morgan fingerprint density at radius 2 is 1.76 bits per heavy atom. The van der Waals surface area contributed by atoms with Crippen molar-refractivity contribution in [2.24, 2.45) is 0 Å². The van der Waals surface area contributed by atoms with Gasteiger partial charge < -0.3 is 15.2 Å². The van der Waals surface area contributed by atoms with E-state index in [2.05, 4.69) is 10.6 Å². The number of hydrogen-bond donors (Lipinski definition) is 2. The van der Waals surface area contributed by atoms with E-state index >= 15 is 0 Å². The number of carbonyl (C=O) groups excluding carboxylic acids is 2. The summed E-state index contributed by atoms with van der Waals surface area (Å²) in [6.07, 6.45) is 2.34. The van der Waals surface area contributed by atoms with E-state index in [9.17, 15) is 9.59 Å². The molecule has 0 atom stereocenters. The molecule has 2 aromatic carbocycles. The topological polar surface area (TPSA) is 76.0 Å². The van der Waals surface area contributed by atoms with E-state index in [-0.39, 0.29) is 18.4 Å². The lowest BCUT2D eigenvalue weighted by Crippen LogP contribution is -2.29. The lowest BCUT2D eigenvalue weighted by Gasteiger charge is -2.10. The number of hydrogen-bond acceptors (Lipinski definition) is 3. The Morgan fingerprint density at radius 3 is 2.55 bits per heavy atom. The van der Waals surface area contributed by atoms with Crippen molar-refractivity contribution >= 4 is 22.8 Å². The predicted molar refractivity (Wildman–Crippen MR) is 115 cm³/mol. The number of benzene rings is 2. The highest BCUT2D eigenvalue weighted by Crippen LogP contribution is 2.17. The van der Waals surface area contributed by atoms with Gasteiger partial charge in [-0.2, -0.15) is 0 Å². The van der Waals surface area contributed by atoms with E-state index in [0.717, 1.165) is 35.3 Å². The van der Waals surface area contributed by atoms with E-state index < -0.39 is 0 Å². The molecule has 6 heteroatoms. The zero-order chi connectivity index (χ0) is 20.6. The number of nitrogens with one attached hydrogen (secondary N) is 2. The predicted octanol–water partition coefficient (Wildman–Crippen LogP) is 3.23. The minimum absolute atomic E-state index is 0.0101. The number of fused-ring (bicyclic) bond motifs is 1. The molecule has 0 aliphatic rings. The summed E-state index contributed by atoms with van der Waals surface area (Å²) >= 11 is 0. The third-order valence-corrected chi connectivity index (χ3v) is 4.86. The Morgan fingerprint density at radius 1 is 1.00 bits per heavy atom. The van der Waals surface area contributed by atoms with Gasteiger partial charge in [0.25, 0.3) is 5.91 Å². The zero-order valence-electron chi connectivity index (χ0n) is 17.1. The molecule has 0 saturated heterocycles. The Labute approximate surface area is 171 Å². The third kappa shape index (κ3) is 5.22. The minimum Gasteiger partial charge on any atom is -0.355 e. The van der Waals surface area contributed by atoms with Crippen molar-refractivity contribution in [3.05, 3.63) is 65.5 Å². The molecule has 29 heavy (non-hydrogen) atoms. The summed E-state index contributed by atoms with van der Waals surface area (Å²) in [6.45, 7) is 5.44. The number of imidazole rings is 1. The molecule has 152 valence electrons. The van der Waals surface area contributed by atoms with Gasteiger partial charge >= 0.3 is 0 Å². The molecule has 0 aliphatic carbocycles. The fourth-order valence-electron chi connectivity index (χ4n) is 3.33. The van der Waals surface area contributed by atoms with Crippen molar-refractivity contribution in [3.63, 3.8) is 0 Å². The number of nitrogens with zero attached hydrogens (tertiary/aromatic N) is 2. The molecule has 0 fully saturated rings. The van der Waals surface area contributed by atoms with E-state index in [1.165, 1.54) is 0 Å². The van der Waals surface area contributed by atoms with Crippen molar-refractivity contribution in [3.8, 4) is 0 Å². The van der Waals surface area contributed by atoms with Crippen molar-refractivity contribution < 1.29 is 9.59 Å². The molecular formula is C23H28N4O2. The van der Waals surface area contributed by atoms with Gasteiger partial charge in [0.2, 0.25) is 5.91 Å². The van der Waals surface area contributed by atoms with Gasteiger partial charge in [0.05, 0.1) is 11.0 Å². The number of aromatic nitrogens is 2. The smallest absolute Gasteiger partial charge is 0.251 e. The quantitative estimate of drug-likeness (QED) is 0.549. The molecule has 2 N–H and O–H groups in total. The van der Waals surface area contributed by atoms with Gasteiger partial charge in [0.1, 0.15) is 12.4 Å². The fraction of sp³-hybridized carbons (Fsp3) is 0.348. The number of carbonyl (C=O) groups is 2. The van der Waals surface area contributed by atoms with Crippen LogP contribution in [0, 0.1) is 6.92 Å². The lowest BCUT2D eigenvalue weighted by molar-refractivity contribution is -0.121. The molecule has 0 radical (unpaired) electrons. The Bertz CT molecular complexity index is 993. The monoisotopic (exact) mass is 392 g/mol. The van der Waals surface area contributed by atoms with Crippen LogP contribution in [0.5, 0.6) is 0 Å². The third-order valence-electron chi connectivity index (χ3n) is 4.86. The van der Waals surface area contributed by atoms with Gasteiger partial charge in [0.15, 0.2) is 0 Å². The van der Waals surface area contributed by atoms with Crippen LogP contribution in [0.3, 0.4) is 0 Å². The number of amides is 2. The van der Waals surface area contributed by atoms with Gasteiger partial charge in [0, 0.05) is 25.1 Å². The summed E-state index contributed by atoms with van der Waals surface area (Å²) in [5, 5.41) is 5.90. The van der Waals surface area contributed by atoms with E-state index in [1.54, 1.807) is 0 Å². The molecule has 0 aliphatic heterocycles. The summed E-state index contributed by atoms with van der Waals surface area (Å²) in [5.74, 6) is 0.794. The van der Waals surface area contributed by atoms with Crippen LogP contribution in [0.15, 0.2) is 48.5 Å². The highest BCUT2D eigenvalue weighted by Gasteiger charge is 2.13. The van der Waals surface area contributed by atoms with Crippen LogP contribution in [-0.2, 0) is 17.8 Å². The first-order valence-electron chi connectivity index (χ1n) is 10.1. The van der Waals surface area contributed by atoms with Crippen molar-refractivity contribution in [2.45, 2.75) is 39.7 Å². The summed E-state index contributed by atoms with van der Waals surface area (Å²) < 4.78 is 1.98. The number of rotatable bonds is 9. The van der Waals surface area contributed by atoms with E-state index in [4.69, 9.17) is 4.98 Å². The highest BCUT2D eigenvalue weighted by molar-refractivity contribution is 5.95. The molecule has 0 unspecified atom stereocenters. The second kappa shape index (κ2) is 9.87. The molecule has 0 spiro atoms. The van der Waals surface area contributed by atoms with Gasteiger partial charge in [-0.15, -0.1) is 0 Å². The summed E-state index contributed by atoms with van der Waals surface area (Å²) in [7, 11) is 0. The summed E-state index contributed by atoms with van der Waals surface area (Å²) in [5.41, 5.74) is 3.50. The summed E-state index contributed by atoms with van der Waals surface area (Å²) in [4.78, 5) is 29.3. The van der Waals surface area contributed by atoms with Crippen molar-refractivity contribution in [1.82, 2.24) is 20.2 Å². The molecular weight excluding hydrogens is 364 g/mol. The van der Waals surface area contributed by atoms with Gasteiger partial charge in [-0.05, 0) is 43.5 Å². The Hall–Kier alpha value is -3.15. The number of para-hydroxylation sites is 2. The van der Waals surface area contributed by atoms with Crippen LogP contribution in [0.2, 0.25) is 0 Å². The standard InChI is InChI=1S/C23H28N4O2/c1-3-14-24-22(28)16-27-20-12-7-6-11-19(20)26-21(27)13-8-15-25-23(29)18-10-5-4-9-17(18)2/h4-7,9-12H,3,8,13-16H2,1-2H3,(H,24,28)(H,25,29). The maximum absolute atomic E-state index is 12.3. The molecule has 2 amide bonds. The Kier molecular flexibility index (Phi) is 7.00.